The smallest absolute Gasteiger partial charge is 0.294 e. The van der Waals surface area contributed by atoms with E-state index < -0.39 is 11.2 Å². The number of rotatable bonds is 5. The predicted octanol–water partition coefficient (Wildman–Crippen LogP) is 1.01. The summed E-state index contributed by atoms with van der Waals surface area (Å²) in [6.45, 7) is 3.47. The second-order valence-corrected chi connectivity index (χ2v) is 2.42. The molecule has 0 spiro atoms. The molecule has 0 aromatic heterocycles. The highest BCUT2D eigenvalue weighted by Crippen LogP contribution is 2.03. The van der Waals surface area contributed by atoms with E-state index in [4.69, 9.17) is 4.74 Å². The van der Waals surface area contributed by atoms with Gasteiger partial charge in [-0.2, -0.15) is 0 Å². The molecule has 0 aromatic carbocycles. The summed E-state index contributed by atoms with van der Waals surface area (Å²) in [7, 11) is 1.56. The minimum absolute atomic E-state index is 0.00931. The van der Waals surface area contributed by atoms with Crippen molar-refractivity contribution < 1.29 is 14.7 Å². The number of hydrogen-bond donors (Lipinski definition) is 0. The summed E-state index contributed by atoms with van der Waals surface area (Å²) in [6, 6.07) is 0. The fourth-order valence-corrected chi connectivity index (χ4v) is 0.754. The van der Waals surface area contributed by atoms with Crippen molar-refractivity contribution in [3.63, 3.8) is 0 Å². The van der Waals surface area contributed by atoms with E-state index in [0.29, 0.717) is 6.42 Å². The lowest BCUT2D eigenvalue weighted by molar-refractivity contribution is -0.768. The van der Waals surface area contributed by atoms with Crippen molar-refractivity contribution in [3.05, 3.63) is 10.1 Å². The minimum atomic E-state index is -0.785. The third-order valence-electron chi connectivity index (χ3n) is 1.33. The third kappa shape index (κ3) is 5.60. The molecular formula is C6H13NO4. The average molecular weight is 163 g/mol. The minimum Gasteiger partial charge on any atom is -0.382 e. The van der Waals surface area contributed by atoms with E-state index >= 15 is 0 Å². The molecule has 0 aliphatic rings. The number of methoxy groups -OCH3 is 1. The van der Waals surface area contributed by atoms with Crippen LogP contribution in [-0.4, -0.2) is 24.4 Å². The van der Waals surface area contributed by atoms with Crippen LogP contribution < -0.4 is 0 Å². The molecule has 0 bridgehead atoms. The Morgan fingerprint density at radius 2 is 2.00 bits per heavy atom. The molecule has 0 heterocycles. The lowest BCUT2D eigenvalue weighted by Crippen LogP contribution is -2.19. The Labute approximate surface area is 65.4 Å². The highest BCUT2D eigenvalue weighted by molar-refractivity contribution is 4.54. The lowest BCUT2D eigenvalue weighted by atomic mass is 10.2. The van der Waals surface area contributed by atoms with E-state index in [2.05, 4.69) is 4.84 Å². The van der Waals surface area contributed by atoms with Crippen LogP contribution in [0.3, 0.4) is 0 Å². The summed E-state index contributed by atoms with van der Waals surface area (Å²) < 4.78 is 4.90. The van der Waals surface area contributed by atoms with E-state index in [1.165, 1.54) is 0 Å². The molecule has 0 aliphatic heterocycles. The maximum atomic E-state index is 9.82. The molecule has 0 N–H and O–H groups in total. The van der Waals surface area contributed by atoms with Gasteiger partial charge in [-0.05, 0) is 20.3 Å². The molecule has 0 aliphatic carbocycles. The van der Waals surface area contributed by atoms with Gasteiger partial charge in [0.25, 0.3) is 5.09 Å². The Kier molecular flexibility index (Phi) is 4.52. The van der Waals surface area contributed by atoms with Gasteiger partial charge in [0.2, 0.25) is 0 Å². The highest BCUT2D eigenvalue weighted by Gasteiger charge is 2.10. The van der Waals surface area contributed by atoms with Crippen molar-refractivity contribution in [2.45, 2.75) is 32.5 Å². The number of hydrogen-bond acceptors (Lipinski definition) is 4. The van der Waals surface area contributed by atoms with Crippen LogP contribution in [0.2, 0.25) is 0 Å². The van der Waals surface area contributed by atoms with Crippen molar-refractivity contribution in [2.75, 3.05) is 7.11 Å². The topological polar surface area (TPSA) is 61.6 Å². The number of ether oxygens (including phenoxy) is 1. The van der Waals surface area contributed by atoms with Crippen molar-refractivity contribution in [1.82, 2.24) is 0 Å². The molecule has 66 valence electrons. The second kappa shape index (κ2) is 4.90. The molecule has 5 nitrogen and oxygen atoms in total. The van der Waals surface area contributed by atoms with Gasteiger partial charge in [0.05, 0.1) is 6.10 Å². The zero-order valence-corrected chi connectivity index (χ0v) is 6.94. The maximum Gasteiger partial charge on any atom is 0.294 e. The van der Waals surface area contributed by atoms with Crippen LogP contribution in [0.15, 0.2) is 0 Å². The normalized spacial score (nSPS) is 15.5. The SMILES string of the molecule is COC(C)CC(C)O[N+](=O)[O-]. The average Bonchev–Trinajstić information content (AvgIpc) is 1.85. The molecule has 2 atom stereocenters. The molecule has 0 fully saturated rings. The highest BCUT2D eigenvalue weighted by atomic mass is 17.0. The van der Waals surface area contributed by atoms with Crippen LogP contribution >= 0.6 is 0 Å². The fourth-order valence-electron chi connectivity index (χ4n) is 0.754. The summed E-state index contributed by atoms with van der Waals surface area (Å²) in [5, 5.41) is 9.04. The largest absolute Gasteiger partial charge is 0.382 e. The van der Waals surface area contributed by atoms with Gasteiger partial charge >= 0.3 is 0 Å². The van der Waals surface area contributed by atoms with Gasteiger partial charge in [0.15, 0.2) is 0 Å². The van der Waals surface area contributed by atoms with E-state index in [9.17, 15) is 10.1 Å². The van der Waals surface area contributed by atoms with Gasteiger partial charge < -0.3 is 9.57 Å². The van der Waals surface area contributed by atoms with Crippen LogP contribution in [0, 0.1) is 10.1 Å². The molecule has 0 radical (unpaired) electrons. The van der Waals surface area contributed by atoms with Gasteiger partial charge in [-0.3, -0.25) is 0 Å². The molecule has 0 amide bonds. The van der Waals surface area contributed by atoms with Crippen LogP contribution in [0.25, 0.3) is 0 Å². The maximum absolute atomic E-state index is 9.82. The van der Waals surface area contributed by atoms with Gasteiger partial charge in [-0.1, -0.05) is 0 Å². The zero-order valence-electron chi connectivity index (χ0n) is 6.94. The Hall–Kier alpha value is -0.840. The van der Waals surface area contributed by atoms with Gasteiger partial charge in [-0.15, -0.1) is 10.1 Å². The number of nitrogens with zero attached hydrogens (tertiary/aromatic N) is 1. The second-order valence-electron chi connectivity index (χ2n) is 2.42. The molecule has 0 aromatic rings. The van der Waals surface area contributed by atoms with Crippen LogP contribution in [-0.2, 0) is 9.57 Å². The first-order valence-electron chi connectivity index (χ1n) is 3.40. The summed E-state index contributed by atoms with van der Waals surface area (Å²) >= 11 is 0. The van der Waals surface area contributed by atoms with Crippen LogP contribution in [0.1, 0.15) is 20.3 Å². The van der Waals surface area contributed by atoms with Crippen molar-refractivity contribution in [2.24, 2.45) is 0 Å². The molecule has 0 rings (SSSR count). The Morgan fingerprint density at radius 3 is 2.36 bits per heavy atom. The van der Waals surface area contributed by atoms with E-state index in [1.54, 1.807) is 14.0 Å². The van der Waals surface area contributed by atoms with Gasteiger partial charge in [-0.25, -0.2) is 0 Å². The summed E-state index contributed by atoms with van der Waals surface area (Å²) in [6.07, 6.45) is 0.113. The Morgan fingerprint density at radius 1 is 1.45 bits per heavy atom. The first-order valence-corrected chi connectivity index (χ1v) is 3.40. The first kappa shape index (κ1) is 10.2. The Balaban J connectivity index is 3.51. The van der Waals surface area contributed by atoms with Crippen LogP contribution in [0.5, 0.6) is 0 Å². The molecule has 11 heavy (non-hydrogen) atoms. The van der Waals surface area contributed by atoms with E-state index in [0.717, 1.165) is 0 Å². The summed E-state index contributed by atoms with van der Waals surface area (Å²) in [5.74, 6) is 0. The summed E-state index contributed by atoms with van der Waals surface area (Å²) in [5.41, 5.74) is 0. The molecule has 0 saturated heterocycles. The quantitative estimate of drug-likeness (QED) is 0.448. The molecular weight excluding hydrogens is 150 g/mol. The Bertz CT molecular complexity index is 128. The first-order chi connectivity index (χ1) is 5.06. The molecule has 2 unspecified atom stereocenters. The molecule has 0 saturated carbocycles. The van der Waals surface area contributed by atoms with Crippen molar-refractivity contribution in [3.8, 4) is 0 Å². The van der Waals surface area contributed by atoms with Gasteiger partial charge in [0.1, 0.15) is 6.10 Å². The van der Waals surface area contributed by atoms with E-state index in [-0.39, 0.29) is 6.10 Å². The van der Waals surface area contributed by atoms with Crippen molar-refractivity contribution in [1.29, 1.82) is 0 Å². The fraction of sp³-hybridized carbons (Fsp3) is 1.00. The summed E-state index contributed by atoms with van der Waals surface area (Å²) in [4.78, 5) is 14.1. The zero-order chi connectivity index (χ0) is 8.85. The lowest BCUT2D eigenvalue weighted by Gasteiger charge is -2.13. The van der Waals surface area contributed by atoms with E-state index in [1.807, 2.05) is 6.92 Å². The standard InChI is InChI=1S/C6H13NO4/c1-5(10-3)4-6(2)11-7(8)9/h5-6H,4H2,1-3H3. The van der Waals surface area contributed by atoms with Gasteiger partial charge in [0, 0.05) is 7.11 Å². The van der Waals surface area contributed by atoms with Crippen molar-refractivity contribution >= 4 is 0 Å². The van der Waals surface area contributed by atoms with Crippen LogP contribution in [0.4, 0.5) is 0 Å². The monoisotopic (exact) mass is 163 g/mol. The molecule has 5 heteroatoms. The third-order valence-corrected chi connectivity index (χ3v) is 1.33. The predicted molar refractivity (Wildman–Crippen MR) is 38.6 cm³/mol.